The lowest BCUT2D eigenvalue weighted by Gasteiger charge is -2.18. The quantitative estimate of drug-likeness (QED) is 0.296. The van der Waals surface area contributed by atoms with E-state index >= 15 is 0 Å². The zero-order valence-electron chi connectivity index (χ0n) is 21.3. The first kappa shape index (κ1) is 31.5. The van der Waals surface area contributed by atoms with Gasteiger partial charge in [-0.1, -0.05) is 27.5 Å². The molecular formula is C27H27BrClFN2O7S. The van der Waals surface area contributed by atoms with E-state index in [-0.39, 0.29) is 40.4 Å². The first-order chi connectivity index (χ1) is 18.9. The van der Waals surface area contributed by atoms with Crippen LogP contribution >= 0.6 is 27.5 Å². The van der Waals surface area contributed by atoms with Gasteiger partial charge in [-0.3, -0.25) is 14.5 Å². The lowest BCUT2D eigenvalue weighted by Crippen LogP contribution is -2.21. The Labute approximate surface area is 244 Å². The number of ether oxygens (including phenoxy) is 1. The summed E-state index contributed by atoms with van der Waals surface area (Å²) in [6.45, 7) is 1.80. The van der Waals surface area contributed by atoms with Crippen molar-refractivity contribution in [2.75, 3.05) is 24.7 Å². The minimum atomic E-state index is -3.48. The normalized spacial score (nSPS) is 15.2. The summed E-state index contributed by atoms with van der Waals surface area (Å²) in [4.78, 5) is 23.2. The average Bonchev–Trinajstić information content (AvgIpc) is 3.27. The van der Waals surface area contributed by atoms with E-state index in [1.807, 2.05) is 18.2 Å². The van der Waals surface area contributed by atoms with Gasteiger partial charge in [0.15, 0.2) is 9.84 Å². The fourth-order valence-corrected chi connectivity index (χ4v) is 5.47. The van der Waals surface area contributed by atoms with Gasteiger partial charge in [-0.25, -0.2) is 12.8 Å². The molecule has 0 unspecified atom stereocenters. The molecule has 1 aliphatic heterocycles. The van der Waals surface area contributed by atoms with Crippen LogP contribution in [0.15, 0.2) is 64.0 Å². The van der Waals surface area contributed by atoms with Crippen LogP contribution in [0.25, 0.3) is 0 Å². The topological polar surface area (TPSA) is 133 Å². The number of β-amino-alcohol motifs (C(OH)–C–C–N with tert-alkyl or cyclic N) is 1. The molecule has 1 atom stereocenters. The van der Waals surface area contributed by atoms with Gasteiger partial charge in [0.2, 0.25) is 0 Å². The second-order valence-corrected chi connectivity index (χ2v) is 12.4. The van der Waals surface area contributed by atoms with E-state index in [0.29, 0.717) is 24.4 Å². The van der Waals surface area contributed by atoms with Crippen molar-refractivity contribution in [3.63, 3.8) is 0 Å². The number of anilines is 1. The zero-order valence-corrected chi connectivity index (χ0v) is 24.5. The number of nitrogens with zero attached hydrogens (tertiary/aromatic N) is 1. The second-order valence-electron chi connectivity index (χ2n) is 9.04. The Morgan fingerprint density at radius 1 is 1.23 bits per heavy atom. The van der Waals surface area contributed by atoms with Crippen molar-refractivity contribution in [2.45, 2.75) is 30.6 Å². The highest BCUT2D eigenvalue weighted by Crippen LogP contribution is 2.28. The molecule has 0 aliphatic carbocycles. The molecule has 3 N–H and O–H groups in total. The lowest BCUT2D eigenvalue weighted by molar-refractivity contribution is -0.122. The Kier molecular flexibility index (Phi) is 11.1. The molecule has 1 fully saturated rings. The number of nitrogens with one attached hydrogen (secondary N) is 1. The molecule has 3 aromatic carbocycles. The highest BCUT2D eigenvalue weighted by atomic mass is 79.9. The van der Waals surface area contributed by atoms with E-state index in [9.17, 15) is 22.7 Å². The van der Waals surface area contributed by atoms with E-state index in [0.717, 1.165) is 29.3 Å². The molecule has 0 saturated carbocycles. The van der Waals surface area contributed by atoms with Gasteiger partial charge in [0.1, 0.15) is 18.2 Å². The number of hydrogen-bond acceptors (Lipinski definition) is 7. The third-order valence-electron chi connectivity index (χ3n) is 5.89. The number of aliphatic hydroxyl groups is 1. The maximum Gasteiger partial charge on any atom is 0.290 e. The van der Waals surface area contributed by atoms with Crippen LogP contribution in [0.2, 0.25) is 5.02 Å². The number of likely N-dealkylation sites (tertiary alicyclic amines) is 1. The molecular weight excluding hydrogens is 631 g/mol. The van der Waals surface area contributed by atoms with E-state index in [1.54, 1.807) is 6.07 Å². The van der Waals surface area contributed by atoms with E-state index in [4.69, 9.17) is 26.2 Å². The van der Waals surface area contributed by atoms with Crippen LogP contribution in [0.5, 0.6) is 5.75 Å². The smallest absolute Gasteiger partial charge is 0.290 e. The van der Waals surface area contributed by atoms with Crippen LogP contribution in [0.4, 0.5) is 10.1 Å². The number of sulfone groups is 1. The lowest BCUT2D eigenvalue weighted by atomic mass is 10.1. The molecule has 13 heteroatoms. The van der Waals surface area contributed by atoms with Crippen molar-refractivity contribution in [1.29, 1.82) is 0 Å². The minimum absolute atomic E-state index is 0.00698. The second kappa shape index (κ2) is 14.0. The average molecular weight is 658 g/mol. The van der Waals surface area contributed by atoms with Crippen LogP contribution < -0.4 is 10.1 Å². The van der Waals surface area contributed by atoms with E-state index < -0.39 is 21.6 Å². The molecule has 4 rings (SSSR count). The maximum absolute atomic E-state index is 14.4. The molecule has 214 valence electrons. The minimum Gasteiger partial charge on any atom is -0.489 e. The number of carbonyl (C=O) groups is 2. The maximum atomic E-state index is 14.4. The summed E-state index contributed by atoms with van der Waals surface area (Å²) in [6.07, 6.45) is 1.45. The molecule has 0 radical (unpaired) electrons. The van der Waals surface area contributed by atoms with Crippen molar-refractivity contribution in [3.8, 4) is 5.75 Å². The molecule has 9 nitrogen and oxygen atoms in total. The summed E-state index contributed by atoms with van der Waals surface area (Å²) in [6, 6.07) is 13.5. The van der Waals surface area contributed by atoms with Crippen molar-refractivity contribution >= 4 is 55.4 Å². The molecule has 3 aromatic rings. The third-order valence-corrected chi connectivity index (χ3v) is 7.80. The standard InChI is InChI=1S/C26H25BrClFN2O5S.CH2O2/c1-37(34,35)22-3-4-23(24(28)12-22)26(33)30-20-9-16(8-19(29)11-20)15-36-25-5-2-18(27)10-17(25)13-31-7-6-21(32)14-31;2-1-3/h2-5,8-12,21,32H,6-7,13-15H2,1H3,(H,30,33);1H,(H,2,3)/t21-;/m0./s1. The molecule has 1 saturated heterocycles. The van der Waals surface area contributed by atoms with Crippen LogP contribution in [0.1, 0.15) is 27.9 Å². The number of halogens is 3. The number of benzene rings is 3. The number of carbonyl (C=O) groups excluding carboxylic acids is 1. The molecule has 0 aromatic heterocycles. The summed E-state index contributed by atoms with van der Waals surface area (Å²) >= 11 is 9.61. The van der Waals surface area contributed by atoms with Crippen LogP contribution in [0.3, 0.4) is 0 Å². The monoisotopic (exact) mass is 656 g/mol. The Balaban J connectivity index is 0.00000141. The number of hydrogen-bond donors (Lipinski definition) is 3. The van der Waals surface area contributed by atoms with Crippen molar-refractivity contribution < 1.29 is 37.3 Å². The van der Waals surface area contributed by atoms with Gasteiger partial charge in [-0.05, 0) is 66.6 Å². The number of carboxylic acid groups (broad SMARTS) is 1. The molecule has 0 bridgehead atoms. The fourth-order valence-electron chi connectivity index (χ4n) is 4.09. The van der Waals surface area contributed by atoms with Gasteiger partial charge in [-0.2, -0.15) is 0 Å². The number of aliphatic hydroxyl groups excluding tert-OH is 1. The summed E-state index contributed by atoms with van der Waals surface area (Å²) < 4.78 is 44.7. The Bertz CT molecular complexity index is 1490. The van der Waals surface area contributed by atoms with E-state index in [1.165, 1.54) is 30.3 Å². The van der Waals surface area contributed by atoms with Gasteiger partial charge >= 0.3 is 0 Å². The summed E-state index contributed by atoms with van der Waals surface area (Å²) in [7, 11) is -3.48. The highest BCUT2D eigenvalue weighted by Gasteiger charge is 2.21. The van der Waals surface area contributed by atoms with Crippen molar-refractivity contribution in [1.82, 2.24) is 4.90 Å². The van der Waals surface area contributed by atoms with Crippen LogP contribution in [-0.4, -0.2) is 61.4 Å². The fraction of sp³-hybridized carbons (Fsp3) is 0.259. The predicted molar refractivity (Wildman–Crippen MR) is 152 cm³/mol. The largest absolute Gasteiger partial charge is 0.489 e. The molecule has 40 heavy (non-hydrogen) atoms. The summed E-state index contributed by atoms with van der Waals surface area (Å²) in [5.74, 6) is -0.528. The molecule has 1 heterocycles. The van der Waals surface area contributed by atoms with Gasteiger partial charge in [0.25, 0.3) is 12.4 Å². The highest BCUT2D eigenvalue weighted by molar-refractivity contribution is 9.10. The van der Waals surface area contributed by atoms with Crippen molar-refractivity contribution in [3.05, 3.63) is 86.6 Å². The molecule has 0 spiro atoms. The Morgan fingerprint density at radius 2 is 1.95 bits per heavy atom. The Morgan fingerprint density at radius 3 is 2.58 bits per heavy atom. The predicted octanol–water partition coefficient (Wildman–Crippen LogP) is 4.74. The van der Waals surface area contributed by atoms with Crippen LogP contribution in [0, 0.1) is 5.82 Å². The zero-order chi connectivity index (χ0) is 29.4. The summed E-state index contributed by atoms with van der Waals surface area (Å²) in [5.41, 5.74) is 1.69. The van der Waals surface area contributed by atoms with Gasteiger partial charge in [0, 0.05) is 41.6 Å². The first-order valence-corrected chi connectivity index (χ1v) is 15.0. The Hall–Kier alpha value is -3.03. The molecule has 1 aliphatic rings. The number of amides is 1. The van der Waals surface area contributed by atoms with Crippen molar-refractivity contribution in [2.24, 2.45) is 0 Å². The van der Waals surface area contributed by atoms with Gasteiger partial charge in [-0.15, -0.1) is 0 Å². The first-order valence-electron chi connectivity index (χ1n) is 11.9. The van der Waals surface area contributed by atoms with Gasteiger partial charge in [0.05, 0.1) is 21.6 Å². The third kappa shape index (κ3) is 9.00. The molecule has 1 amide bonds. The summed E-state index contributed by atoms with van der Waals surface area (Å²) in [5, 5.41) is 19.3. The van der Waals surface area contributed by atoms with Gasteiger partial charge < -0.3 is 20.3 Å². The van der Waals surface area contributed by atoms with Crippen LogP contribution in [-0.2, 0) is 27.8 Å². The SMILES string of the molecule is CS(=O)(=O)c1ccc(C(=O)Nc2cc(F)cc(COc3ccc(Br)cc3CN3CC[C@H](O)C3)c2)c(Cl)c1.O=CO. The number of rotatable bonds is 8. The van der Waals surface area contributed by atoms with E-state index in [2.05, 4.69) is 26.1 Å².